The molecule has 0 aliphatic heterocycles. The second-order valence-electron chi connectivity index (χ2n) is 9.25. The van der Waals surface area contributed by atoms with E-state index in [1.165, 1.54) is 26.7 Å². The van der Waals surface area contributed by atoms with Crippen molar-refractivity contribution in [3.63, 3.8) is 0 Å². The lowest BCUT2D eigenvalue weighted by Gasteiger charge is -2.24. The Balaban J connectivity index is 1.70. The minimum atomic E-state index is -0.840. The van der Waals surface area contributed by atoms with Crippen molar-refractivity contribution in [2.45, 2.75) is 20.0 Å². The molecule has 6 rings (SSSR count). The van der Waals surface area contributed by atoms with E-state index in [2.05, 4.69) is 120 Å². The largest absolute Gasteiger partial charge is 0.473 e. The van der Waals surface area contributed by atoms with Gasteiger partial charge in [-0.2, -0.15) is 0 Å². The molecule has 0 spiro atoms. The first-order valence-corrected chi connectivity index (χ1v) is 13.9. The molecule has 6 aromatic rings. The molecule has 0 bridgehead atoms. The number of aromatic nitrogens is 2. The van der Waals surface area contributed by atoms with Crippen molar-refractivity contribution in [2.75, 3.05) is 0 Å². The third-order valence-corrected chi connectivity index (χ3v) is 8.90. The maximum absolute atomic E-state index is 6.05. The standard InChI is InChI=1S/C33H27N2OP/c1-23(2)36-33-29-20-12-11-19-28(29)32(34-35-33)31-27-18-10-9-13-24(27)21-22-30(31)37(25-14-5-3-6-15-25)26-16-7-4-8-17-26/h3-23H,1-2H3. The van der Waals surface area contributed by atoms with Gasteiger partial charge in [0.25, 0.3) is 0 Å². The molecule has 1 heterocycles. The molecule has 0 N–H and O–H groups in total. The Morgan fingerprint density at radius 1 is 0.568 bits per heavy atom. The third-order valence-electron chi connectivity index (χ3n) is 6.41. The lowest BCUT2D eigenvalue weighted by molar-refractivity contribution is 0.233. The Morgan fingerprint density at radius 2 is 1.14 bits per heavy atom. The molecule has 5 aromatic carbocycles. The topological polar surface area (TPSA) is 35.0 Å². The van der Waals surface area contributed by atoms with E-state index < -0.39 is 7.92 Å². The summed E-state index contributed by atoms with van der Waals surface area (Å²) >= 11 is 0. The highest BCUT2D eigenvalue weighted by atomic mass is 31.1. The second-order valence-corrected chi connectivity index (χ2v) is 11.4. The zero-order chi connectivity index (χ0) is 25.2. The number of hydrogen-bond acceptors (Lipinski definition) is 3. The van der Waals surface area contributed by atoms with Crippen LogP contribution in [0.15, 0.2) is 121 Å². The van der Waals surface area contributed by atoms with E-state index in [0.29, 0.717) is 5.88 Å². The van der Waals surface area contributed by atoms with Crippen LogP contribution in [0.25, 0.3) is 32.8 Å². The van der Waals surface area contributed by atoms with E-state index in [4.69, 9.17) is 9.84 Å². The molecular formula is C33H27N2OP. The van der Waals surface area contributed by atoms with Gasteiger partial charge in [-0.25, -0.2) is 0 Å². The van der Waals surface area contributed by atoms with Crippen molar-refractivity contribution in [1.82, 2.24) is 10.2 Å². The maximum Gasteiger partial charge on any atom is 0.241 e. The average molecular weight is 499 g/mol. The third kappa shape index (κ3) is 4.48. The van der Waals surface area contributed by atoms with Gasteiger partial charge in [-0.05, 0) is 54.5 Å². The van der Waals surface area contributed by atoms with Gasteiger partial charge in [0.1, 0.15) is 5.69 Å². The van der Waals surface area contributed by atoms with Crippen molar-refractivity contribution in [1.29, 1.82) is 0 Å². The average Bonchev–Trinajstić information content (AvgIpc) is 2.94. The molecule has 0 atom stereocenters. The van der Waals surface area contributed by atoms with Crippen molar-refractivity contribution < 1.29 is 4.74 Å². The molecule has 0 unspecified atom stereocenters. The van der Waals surface area contributed by atoms with E-state index >= 15 is 0 Å². The first kappa shape index (κ1) is 23.3. The number of fused-ring (bicyclic) bond motifs is 2. The predicted molar refractivity (Wildman–Crippen MR) is 157 cm³/mol. The van der Waals surface area contributed by atoms with Crippen LogP contribution in [0, 0.1) is 0 Å². The van der Waals surface area contributed by atoms with Gasteiger partial charge < -0.3 is 4.74 Å². The normalized spacial score (nSPS) is 11.5. The summed E-state index contributed by atoms with van der Waals surface area (Å²) in [6, 6.07) is 43.0. The van der Waals surface area contributed by atoms with Crippen LogP contribution in [0.4, 0.5) is 0 Å². The van der Waals surface area contributed by atoms with Gasteiger partial charge in [0.15, 0.2) is 0 Å². The molecule has 0 radical (unpaired) electrons. The lowest BCUT2D eigenvalue weighted by atomic mass is 9.98. The van der Waals surface area contributed by atoms with Gasteiger partial charge in [0.2, 0.25) is 5.88 Å². The van der Waals surface area contributed by atoms with Crippen LogP contribution in [-0.2, 0) is 0 Å². The predicted octanol–water partition coefficient (Wildman–Crippen LogP) is 7.00. The number of benzene rings is 5. The molecular weight excluding hydrogens is 471 g/mol. The molecule has 3 nitrogen and oxygen atoms in total. The van der Waals surface area contributed by atoms with Crippen molar-refractivity contribution in [2.24, 2.45) is 0 Å². The maximum atomic E-state index is 6.05. The monoisotopic (exact) mass is 498 g/mol. The van der Waals surface area contributed by atoms with Gasteiger partial charge in [0, 0.05) is 16.3 Å². The number of nitrogens with zero attached hydrogens (tertiary/aromatic N) is 2. The molecule has 0 aliphatic carbocycles. The molecule has 0 aliphatic rings. The molecule has 0 fully saturated rings. The van der Waals surface area contributed by atoms with Gasteiger partial charge in [0.05, 0.1) is 6.10 Å². The van der Waals surface area contributed by atoms with Crippen LogP contribution in [0.3, 0.4) is 0 Å². The van der Waals surface area contributed by atoms with E-state index in [-0.39, 0.29) is 6.10 Å². The fraction of sp³-hybridized carbons (Fsp3) is 0.0909. The zero-order valence-corrected chi connectivity index (χ0v) is 21.8. The smallest absolute Gasteiger partial charge is 0.241 e. The minimum Gasteiger partial charge on any atom is -0.473 e. The summed E-state index contributed by atoms with van der Waals surface area (Å²) in [7, 11) is -0.840. The van der Waals surface area contributed by atoms with Crippen LogP contribution in [0.5, 0.6) is 5.88 Å². The fourth-order valence-corrected chi connectivity index (χ4v) is 7.32. The van der Waals surface area contributed by atoms with Gasteiger partial charge >= 0.3 is 0 Å². The highest BCUT2D eigenvalue weighted by Crippen LogP contribution is 2.42. The lowest BCUT2D eigenvalue weighted by Crippen LogP contribution is -2.22. The molecule has 0 saturated heterocycles. The first-order valence-electron chi connectivity index (χ1n) is 12.5. The van der Waals surface area contributed by atoms with Crippen molar-refractivity contribution in [3.05, 3.63) is 121 Å². The second kappa shape index (κ2) is 10.1. The fourth-order valence-electron chi connectivity index (χ4n) is 4.85. The molecule has 0 amide bonds. The van der Waals surface area contributed by atoms with Crippen molar-refractivity contribution >= 4 is 45.4 Å². The Kier molecular flexibility index (Phi) is 6.39. The SMILES string of the molecule is CC(C)Oc1nnc(-c2c(P(c3ccccc3)c3ccccc3)ccc3ccccc23)c2ccccc12. The van der Waals surface area contributed by atoms with Crippen LogP contribution in [0.2, 0.25) is 0 Å². The zero-order valence-electron chi connectivity index (χ0n) is 20.9. The molecule has 37 heavy (non-hydrogen) atoms. The summed E-state index contributed by atoms with van der Waals surface area (Å²) < 4.78 is 6.05. The Hall–Kier alpha value is -4.07. The molecule has 0 saturated carbocycles. The van der Waals surface area contributed by atoms with Crippen molar-refractivity contribution in [3.8, 4) is 17.1 Å². The summed E-state index contributed by atoms with van der Waals surface area (Å²) in [5.41, 5.74) is 2.02. The van der Waals surface area contributed by atoms with Gasteiger partial charge in [-0.15, -0.1) is 10.2 Å². The van der Waals surface area contributed by atoms with Crippen LogP contribution in [-0.4, -0.2) is 16.3 Å². The van der Waals surface area contributed by atoms with E-state index in [1.807, 2.05) is 19.9 Å². The summed E-state index contributed by atoms with van der Waals surface area (Å²) in [5.74, 6) is 0.574. The van der Waals surface area contributed by atoms with E-state index in [1.54, 1.807) is 0 Å². The molecule has 180 valence electrons. The quantitative estimate of drug-likeness (QED) is 0.232. The van der Waals surface area contributed by atoms with Crippen LogP contribution < -0.4 is 20.7 Å². The van der Waals surface area contributed by atoms with E-state index in [0.717, 1.165) is 22.0 Å². The first-order chi connectivity index (χ1) is 18.2. The van der Waals surface area contributed by atoms with E-state index in [9.17, 15) is 0 Å². The highest BCUT2D eigenvalue weighted by molar-refractivity contribution is 7.80. The summed E-state index contributed by atoms with van der Waals surface area (Å²) in [5, 5.41) is 17.7. The molecule has 1 aromatic heterocycles. The summed E-state index contributed by atoms with van der Waals surface area (Å²) in [4.78, 5) is 0. The number of rotatable bonds is 6. The Morgan fingerprint density at radius 3 is 1.78 bits per heavy atom. The number of ether oxygens (including phenoxy) is 1. The van der Waals surface area contributed by atoms with Gasteiger partial charge in [-0.3, -0.25) is 0 Å². The summed E-state index contributed by atoms with van der Waals surface area (Å²) in [6.07, 6.45) is 0.0145. The summed E-state index contributed by atoms with van der Waals surface area (Å²) in [6.45, 7) is 4.03. The minimum absolute atomic E-state index is 0.0145. The molecule has 4 heteroatoms. The Bertz CT molecular complexity index is 1640. The van der Waals surface area contributed by atoms with Crippen LogP contribution >= 0.6 is 7.92 Å². The Labute approximate surface area is 218 Å². The number of hydrogen-bond donors (Lipinski definition) is 0. The van der Waals surface area contributed by atoms with Gasteiger partial charge in [-0.1, -0.05) is 115 Å². The highest BCUT2D eigenvalue weighted by Gasteiger charge is 2.24. The van der Waals surface area contributed by atoms with Crippen LogP contribution in [0.1, 0.15) is 13.8 Å².